The zero-order valence-corrected chi connectivity index (χ0v) is 10.3. The molecule has 2 N–H and O–H groups in total. The molecular formula is C13H18N4O. The minimum absolute atomic E-state index is 0.0883. The summed E-state index contributed by atoms with van der Waals surface area (Å²) in [6, 6.07) is 3.83. The molecular weight excluding hydrogens is 228 g/mol. The second-order valence-electron chi connectivity index (χ2n) is 4.86. The number of aromatic nitrogens is 3. The molecule has 2 aromatic rings. The van der Waals surface area contributed by atoms with E-state index in [1.165, 1.54) is 19.3 Å². The fraction of sp³-hybridized carbons (Fsp3) is 0.538. The van der Waals surface area contributed by atoms with Gasteiger partial charge in [-0.15, -0.1) is 0 Å². The normalized spacial score (nSPS) is 24.9. The van der Waals surface area contributed by atoms with Crippen molar-refractivity contribution in [2.24, 2.45) is 5.73 Å². The summed E-state index contributed by atoms with van der Waals surface area (Å²) in [5.74, 6) is 0.644. The quantitative estimate of drug-likeness (QED) is 0.820. The molecule has 3 rings (SSSR count). The van der Waals surface area contributed by atoms with Gasteiger partial charge in [0.05, 0.1) is 6.20 Å². The molecule has 2 unspecified atom stereocenters. The zero-order valence-electron chi connectivity index (χ0n) is 10.3. The van der Waals surface area contributed by atoms with Crippen molar-refractivity contribution in [1.82, 2.24) is 14.6 Å². The molecule has 5 nitrogen and oxygen atoms in total. The molecule has 0 aliphatic heterocycles. The van der Waals surface area contributed by atoms with Crippen molar-refractivity contribution < 1.29 is 4.74 Å². The summed E-state index contributed by atoms with van der Waals surface area (Å²) in [7, 11) is 0. The molecule has 2 aromatic heterocycles. The van der Waals surface area contributed by atoms with Gasteiger partial charge in [0, 0.05) is 24.4 Å². The van der Waals surface area contributed by atoms with Crippen molar-refractivity contribution in [1.29, 1.82) is 0 Å². The lowest BCUT2D eigenvalue weighted by Crippen LogP contribution is -2.38. The third kappa shape index (κ3) is 2.31. The fourth-order valence-corrected chi connectivity index (χ4v) is 2.46. The molecule has 96 valence electrons. The Hall–Kier alpha value is -1.62. The molecule has 1 fully saturated rings. The second kappa shape index (κ2) is 4.94. The van der Waals surface area contributed by atoms with E-state index >= 15 is 0 Å². The van der Waals surface area contributed by atoms with Gasteiger partial charge in [0.2, 0.25) is 5.88 Å². The maximum Gasteiger partial charge on any atom is 0.217 e. The van der Waals surface area contributed by atoms with E-state index < -0.39 is 0 Å². The number of nitrogens with zero attached hydrogens (tertiary/aromatic N) is 3. The van der Waals surface area contributed by atoms with Gasteiger partial charge >= 0.3 is 0 Å². The van der Waals surface area contributed by atoms with Crippen LogP contribution < -0.4 is 10.5 Å². The Morgan fingerprint density at radius 3 is 3.06 bits per heavy atom. The van der Waals surface area contributed by atoms with E-state index in [9.17, 15) is 0 Å². The van der Waals surface area contributed by atoms with E-state index in [0.29, 0.717) is 5.88 Å². The third-order valence-corrected chi connectivity index (χ3v) is 3.51. The van der Waals surface area contributed by atoms with Gasteiger partial charge in [0.15, 0.2) is 5.65 Å². The Kier molecular flexibility index (Phi) is 3.15. The second-order valence-corrected chi connectivity index (χ2v) is 4.86. The number of hydrogen-bond acceptors (Lipinski definition) is 4. The van der Waals surface area contributed by atoms with Gasteiger partial charge in [0.1, 0.15) is 6.10 Å². The molecule has 0 spiro atoms. The standard InChI is InChI=1S/C13H18N4O/c14-10-4-2-1-3-5-11(10)18-13-7-9-17-12(16-13)6-8-15-17/h6-11H,1-5,14H2. The van der Waals surface area contributed by atoms with Gasteiger partial charge in [-0.3, -0.25) is 0 Å². The number of fused-ring (bicyclic) bond motifs is 1. The van der Waals surface area contributed by atoms with E-state index in [4.69, 9.17) is 10.5 Å². The first-order valence-electron chi connectivity index (χ1n) is 6.55. The van der Waals surface area contributed by atoms with Crippen LogP contribution in [0.3, 0.4) is 0 Å². The minimum atomic E-state index is 0.0883. The van der Waals surface area contributed by atoms with Crippen LogP contribution in [0.4, 0.5) is 0 Å². The lowest BCUT2D eigenvalue weighted by atomic mass is 10.1. The summed E-state index contributed by atoms with van der Waals surface area (Å²) in [6.45, 7) is 0. The van der Waals surface area contributed by atoms with Crippen LogP contribution in [0.1, 0.15) is 32.1 Å². The van der Waals surface area contributed by atoms with Gasteiger partial charge in [-0.2, -0.15) is 10.1 Å². The highest BCUT2D eigenvalue weighted by atomic mass is 16.5. The Bertz CT molecular complexity index is 524. The van der Waals surface area contributed by atoms with Crippen molar-refractivity contribution in [3.05, 3.63) is 24.5 Å². The number of nitrogens with two attached hydrogens (primary N) is 1. The molecule has 1 aliphatic carbocycles. The Morgan fingerprint density at radius 2 is 2.11 bits per heavy atom. The summed E-state index contributed by atoms with van der Waals surface area (Å²) < 4.78 is 7.67. The summed E-state index contributed by atoms with van der Waals surface area (Å²) in [5.41, 5.74) is 6.95. The van der Waals surface area contributed by atoms with E-state index in [1.807, 2.05) is 18.3 Å². The predicted molar refractivity (Wildman–Crippen MR) is 68.5 cm³/mol. The van der Waals surface area contributed by atoms with Gasteiger partial charge < -0.3 is 10.5 Å². The number of rotatable bonds is 2. The highest BCUT2D eigenvalue weighted by Gasteiger charge is 2.22. The van der Waals surface area contributed by atoms with Crippen molar-refractivity contribution in [3.63, 3.8) is 0 Å². The molecule has 1 saturated carbocycles. The third-order valence-electron chi connectivity index (χ3n) is 3.51. The first-order valence-corrected chi connectivity index (χ1v) is 6.55. The summed E-state index contributed by atoms with van der Waals surface area (Å²) in [4.78, 5) is 4.42. The molecule has 0 bridgehead atoms. The van der Waals surface area contributed by atoms with Crippen LogP contribution in [0.15, 0.2) is 24.5 Å². The highest BCUT2D eigenvalue weighted by Crippen LogP contribution is 2.21. The van der Waals surface area contributed by atoms with Crippen LogP contribution >= 0.6 is 0 Å². The monoisotopic (exact) mass is 246 g/mol. The Labute approximate surface area is 106 Å². The smallest absolute Gasteiger partial charge is 0.217 e. The highest BCUT2D eigenvalue weighted by molar-refractivity contribution is 5.37. The van der Waals surface area contributed by atoms with Crippen LogP contribution in [-0.2, 0) is 0 Å². The van der Waals surface area contributed by atoms with Crippen LogP contribution in [0.2, 0.25) is 0 Å². The maximum absolute atomic E-state index is 6.15. The molecule has 1 aliphatic rings. The zero-order chi connectivity index (χ0) is 12.4. The Balaban J connectivity index is 1.77. The largest absolute Gasteiger partial charge is 0.473 e. The van der Waals surface area contributed by atoms with E-state index in [0.717, 1.165) is 18.5 Å². The molecule has 0 saturated heterocycles. The lowest BCUT2D eigenvalue weighted by Gasteiger charge is -2.22. The summed E-state index contributed by atoms with van der Waals surface area (Å²) in [6.07, 6.45) is 9.38. The van der Waals surface area contributed by atoms with Crippen molar-refractivity contribution >= 4 is 5.65 Å². The van der Waals surface area contributed by atoms with E-state index in [1.54, 1.807) is 10.7 Å². The predicted octanol–water partition coefficient (Wildman–Crippen LogP) is 1.77. The van der Waals surface area contributed by atoms with Gasteiger partial charge in [-0.05, 0) is 19.3 Å². The van der Waals surface area contributed by atoms with Gasteiger partial charge in [0.25, 0.3) is 0 Å². The molecule has 2 heterocycles. The van der Waals surface area contributed by atoms with Crippen molar-refractivity contribution in [2.45, 2.75) is 44.2 Å². The molecule has 0 aromatic carbocycles. The van der Waals surface area contributed by atoms with E-state index in [2.05, 4.69) is 10.1 Å². The molecule has 5 heteroatoms. The summed E-state index contributed by atoms with van der Waals surface area (Å²) >= 11 is 0. The van der Waals surface area contributed by atoms with Gasteiger partial charge in [-0.1, -0.05) is 12.8 Å². The Morgan fingerprint density at radius 1 is 1.22 bits per heavy atom. The number of ether oxygens (including phenoxy) is 1. The molecule has 0 radical (unpaired) electrons. The average Bonchev–Trinajstić information content (AvgIpc) is 2.75. The van der Waals surface area contributed by atoms with Crippen LogP contribution in [0, 0.1) is 0 Å². The van der Waals surface area contributed by atoms with Crippen LogP contribution in [-0.4, -0.2) is 26.7 Å². The maximum atomic E-state index is 6.15. The lowest BCUT2D eigenvalue weighted by molar-refractivity contribution is 0.156. The minimum Gasteiger partial charge on any atom is -0.473 e. The average molecular weight is 246 g/mol. The first kappa shape index (κ1) is 11.5. The van der Waals surface area contributed by atoms with Gasteiger partial charge in [-0.25, -0.2) is 4.52 Å². The van der Waals surface area contributed by atoms with E-state index in [-0.39, 0.29) is 12.1 Å². The molecule has 0 amide bonds. The number of hydrogen-bond donors (Lipinski definition) is 1. The van der Waals surface area contributed by atoms with Crippen LogP contribution in [0.5, 0.6) is 5.88 Å². The fourth-order valence-electron chi connectivity index (χ4n) is 2.46. The van der Waals surface area contributed by atoms with Crippen LogP contribution in [0.25, 0.3) is 5.65 Å². The van der Waals surface area contributed by atoms with Crippen molar-refractivity contribution in [3.8, 4) is 5.88 Å². The molecule has 2 atom stereocenters. The topological polar surface area (TPSA) is 65.4 Å². The SMILES string of the molecule is NC1CCCCCC1Oc1ccn2nccc2n1. The van der Waals surface area contributed by atoms with Crippen molar-refractivity contribution in [2.75, 3.05) is 0 Å². The first-order chi connectivity index (χ1) is 8.83. The molecule has 18 heavy (non-hydrogen) atoms. The summed E-state index contributed by atoms with van der Waals surface area (Å²) in [5, 5.41) is 4.11.